The third-order valence-corrected chi connectivity index (χ3v) is 2.06. The maximum atomic E-state index is 4.75. The summed E-state index contributed by atoms with van der Waals surface area (Å²) in [6, 6.07) is 0. The number of H-pyrrole nitrogens is 1. The van der Waals surface area contributed by atoms with Gasteiger partial charge in [-0.2, -0.15) is 10.1 Å². The van der Waals surface area contributed by atoms with Crippen molar-refractivity contribution in [3.05, 3.63) is 16.5 Å². The van der Waals surface area contributed by atoms with Gasteiger partial charge >= 0.3 is 4.84 Å². The molecule has 0 aliphatic rings. The Balaban J connectivity index is 2.53. The molecule has 0 fully saturated rings. The molecule has 2 heterocycles. The molecule has 2 rings (SSSR count). The molecule has 0 saturated heterocycles. The zero-order chi connectivity index (χ0) is 7.68. The number of hydrogen-bond acceptors (Lipinski definition) is 5. The van der Waals surface area contributed by atoms with Crippen LogP contribution in [0.2, 0.25) is 0 Å². The molecule has 0 radical (unpaired) electrons. The molecule has 0 bridgehead atoms. The fourth-order valence-corrected chi connectivity index (χ4v) is 1.36. The van der Waals surface area contributed by atoms with Crippen LogP contribution in [0.15, 0.2) is 16.2 Å². The molecular weight excluding hydrogens is 182 g/mol. The molecule has 0 aliphatic heterocycles. The van der Waals surface area contributed by atoms with Gasteiger partial charge in [0.1, 0.15) is 0 Å². The summed E-state index contributed by atoms with van der Waals surface area (Å²) < 4.78 is 4.75. The highest BCUT2D eigenvalue weighted by Gasteiger charge is 2.02. The van der Waals surface area contributed by atoms with Crippen molar-refractivity contribution in [2.24, 2.45) is 0 Å². The first kappa shape index (κ1) is 6.68. The van der Waals surface area contributed by atoms with Crippen LogP contribution in [0.1, 0.15) is 0 Å². The van der Waals surface area contributed by atoms with E-state index in [-0.39, 0.29) is 4.84 Å². The van der Waals surface area contributed by atoms with Gasteiger partial charge in [-0.05, 0) is 12.2 Å². The highest BCUT2D eigenvalue weighted by molar-refractivity contribution is 7.71. The number of aromatic amines is 1. The van der Waals surface area contributed by atoms with Crippen LogP contribution in [-0.4, -0.2) is 15.1 Å². The number of thiazole rings is 1. The molecule has 0 saturated carbocycles. The summed E-state index contributed by atoms with van der Waals surface area (Å²) in [5.41, 5.74) is 1.72. The summed E-state index contributed by atoms with van der Waals surface area (Å²) in [4.78, 5) is 8.94. The van der Waals surface area contributed by atoms with Gasteiger partial charge in [-0.25, -0.2) is 0 Å². The summed E-state index contributed by atoms with van der Waals surface area (Å²) >= 11 is 6.16. The van der Waals surface area contributed by atoms with Crippen molar-refractivity contribution in [2.75, 3.05) is 0 Å². The lowest BCUT2D eigenvalue weighted by Gasteiger charge is -1.80. The Hall–Kier alpha value is -1.01. The van der Waals surface area contributed by atoms with Crippen LogP contribution in [-0.2, 0) is 0 Å². The van der Waals surface area contributed by atoms with Gasteiger partial charge in [-0.3, -0.25) is 4.98 Å². The van der Waals surface area contributed by atoms with Gasteiger partial charge < -0.3 is 4.52 Å². The van der Waals surface area contributed by atoms with Crippen LogP contribution in [0, 0.1) is 4.84 Å². The Morgan fingerprint density at radius 2 is 2.55 bits per heavy atom. The van der Waals surface area contributed by atoms with Gasteiger partial charge in [0.25, 0.3) is 0 Å². The number of rotatable bonds is 1. The molecule has 1 N–H and O–H groups in total. The van der Waals surface area contributed by atoms with E-state index < -0.39 is 0 Å². The second-order valence-corrected chi connectivity index (χ2v) is 3.03. The Morgan fingerprint density at radius 3 is 3.09 bits per heavy atom. The zero-order valence-electron chi connectivity index (χ0n) is 5.27. The second-order valence-electron chi connectivity index (χ2n) is 1.80. The maximum absolute atomic E-state index is 4.75. The van der Waals surface area contributed by atoms with E-state index in [2.05, 4.69) is 27.3 Å². The van der Waals surface area contributed by atoms with E-state index in [9.17, 15) is 0 Å². The van der Waals surface area contributed by atoms with Crippen molar-refractivity contribution < 1.29 is 4.52 Å². The topological polar surface area (TPSA) is 54.7 Å². The molecule has 11 heavy (non-hydrogen) atoms. The van der Waals surface area contributed by atoms with E-state index >= 15 is 0 Å². The molecule has 0 atom stereocenters. The number of hydrogen-bond donors (Lipinski definition) is 1. The lowest BCUT2D eigenvalue weighted by Crippen LogP contribution is -1.72. The number of aromatic nitrogens is 3. The van der Waals surface area contributed by atoms with E-state index in [1.165, 1.54) is 11.3 Å². The van der Waals surface area contributed by atoms with Crippen LogP contribution < -0.4 is 0 Å². The van der Waals surface area contributed by atoms with E-state index in [4.69, 9.17) is 4.52 Å². The van der Waals surface area contributed by atoms with Crippen molar-refractivity contribution in [1.29, 1.82) is 0 Å². The molecule has 0 aromatic carbocycles. The van der Waals surface area contributed by atoms with Crippen molar-refractivity contribution >= 4 is 23.6 Å². The predicted molar refractivity (Wildman–Crippen MR) is 42.8 cm³/mol. The van der Waals surface area contributed by atoms with Crippen LogP contribution in [0.5, 0.6) is 0 Å². The number of nitrogens with one attached hydrogen (secondary N) is 1. The van der Waals surface area contributed by atoms with Crippen molar-refractivity contribution in [3.8, 4) is 10.7 Å². The molecule has 0 spiro atoms. The van der Waals surface area contributed by atoms with Gasteiger partial charge in [0.2, 0.25) is 0 Å². The normalized spacial score (nSPS) is 10.2. The molecule has 6 heteroatoms. The lowest BCUT2D eigenvalue weighted by molar-refractivity contribution is 0.406. The lowest BCUT2D eigenvalue weighted by atomic mass is 10.5. The standard InChI is InChI=1S/C5H3N3OS2/c10-5-7-4(8-9-5)3-1-6-2-11-3/h1-2H,(H,7,8,10). The Bertz CT molecular complexity index is 388. The summed E-state index contributed by atoms with van der Waals surface area (Å²) in [5, 5.41) is 2.59. The van der Waals surface area contributed by atoms with E-state index in [1.54, 1.807) is 11.7 Å². The summed E-state index contributed by atoms with van der Waals surface area (Å²) in [6.45, 7) is 0. The minimum atomic E-state index is 0.216. The quantitative estimate of drug-likeness (QED) is 0.689. The van der Waals surface area contributed by atoms with Crippen LogP contribution in [0.25, 0.3) is 10.7 Å². The fourth-order valence-electron chi connectivity index (χ4n) is 0.667. The summed E-state index contributed by atoms with van der Waals surface area (Å²) in [6.07, 6.45) is 1.70. The third-order valence-electron chi connectivity index (χ3n) is 1.10. The third kappa shape index (κ3) is 1.22. The highest BCUT2D eigenvalue weighted by atomic mass is 32.1. The molecule has 2 aromatic rings. The maximum Gasteiger partial charge on any atom is 0.314 e. The largest absolute Gasteiger partial charge is 0.348 e. The highest BCUT2D eigenvalue weighted by Crippen LogP contribution is 2.18. The average molecular weight is 185 g/mol. The zero-order valence-corrected chi connectivity index (χ0v) is 6.91. The molecule has 0 amide bonds. The summed E-state index contributed by atoms with van der Waals surface area (Å²) in [7, 11) is 0. The monoisotopic (exact) mass is 185 g/mol. The molecule has 0 aliphatic carbocycles. The van der Waals surface area contributed by atoms with Crippen molar-refractivity contribution in [2.45, 2.75) is 0 Å². The smallest absolute Gasteiger partial charge is 0.314 e. The molecule has 56 valence electrons. The average Bonchev–Trinajstić information content (AvgIpc) is 2.55. The van der Waals surface area contributed by atoms with Crippen molar-refractivity contribution in [3.63, 3.8) is 0 Å². The van der Waals surface area contributed by atoms with Crippen LogP contribution >= 0.6 is 23.6 Å². The van der Waals surface area contributed by atoms with E-state index in [0.717, 1.165) is 4.88 Å². The fraction of sp³-hybridized carbons (Fsp3) is 0. The Morgan fingerprint density at radius 1 is 1.64 bits per heavy atom. The van der Waals surface area contributed by atoms with Gasteiger partial charge in [0.15, 0.2) is 5.82 Å². The first-order valence-electron chi connectivity index (χ1n) is 2.80. The van der Waals surface area contributed by atoms with E-state index in [1.807, 2.05) is 0 Å². The first-order chi connectivity index (χ1) is 5.36. The Labute approximate surface area is 70.9 Å². The number of nitrogens with zero attached hydrogens (tertiary/aromatic N) is 2. The van der Waals surface area contributed by atoms with Crippen LogP contribution in [0.3, 0.4) is 0 Å². The SMILES string of the molecule is S=c1nc(-c2cncs2)[nH]o1. The minimum Gasteiger partial charge on any atom is -0.348 e. The Kier molecular flexibility index (Phi) is 1.55. The predicted octanol–water partition coefficient (Wildman–Crippen LogP) is 1.86. The minimum absolute atomic E-state index is 0.216. The van der Waals surface area contributed by atoms with Gasteiger partial charge in [0, 0.05) is 6.20 Å². The molecule has 2 aromatic heterocycles. The van der Waals surface area contributed by atoms with Gasteiger partial charge in [-0.1, -0.05) is 0 Å². The van der Waals surface area contributed by atoms with E-state index in [0.29, 0.717) is 5.82 Å². The van der Waals surface area contributed by atoms with Crippen molar-refractivity contribution in [1.82, 2.24) is 15.1 Å². The summed E-state index contributed by atoms with van der Waals surface area (Å²) in [5.74, 6) is 0.637. The van der Waals surface area contributed by atoms with Gasteiger partial charge in [0.05, 0.1) is 10.4 Å². The first-order valence-corrected chi connectivity index (χ1v) is 4.09. The van der Waals surface area contributed by atoms with Gasteiger partial charge in [-0.15, -0.1) is 11.3 Å². The van der Waals surface area contributed by atoms with Crippen LogP contribution in [0.4, 0.5) is 0 Å². The molecular formula is C5H3N3OS2. The molecule has 0 unspecified atom stereocenters. The molecule has 4 nitrogen and oxygen atoms in total. The second kappa shape index (κ2) is 2.55.